The number of carbonyl (C=O) groups excluding carboxylic acids is 2. The van der Waals surface area contributed by atoms with Gasteiger partial charge in [0.25, 0.3) is 0 Å². The van der Waals surface area contributed by atoms with Crippen LogP contribution in [-0.2, 0) is 16.0 Å². The first-order chi connectivity index (χ1) is 13.8. The minimum atomic E-state index is -0.460. The van der Waals surface area contributed by atoms with Gasteiger partial charge >= 0.3 is 0 Å². The van der Waals surface area contributed by atoms with Gasteiger partial charge in [-0.25, -0.2) is 0 Å². The van der Waals surface area contributed by atoms with Crippen LogP contribution in [0.5, 0.6) is 0 Å². The Morgan fingerprint density at radius 3 is 2.38 bits per heavy atom. The maximum absolute atomic E-state index is 12.6. The molecule has 0 saturated carbocycles. The number of anilines is 1. The molecule has 2 amide bonds. The highest BCUT2D eigenvalue weighted by Gasteiger charge is 2.25. The Bertz CT molecular complexity index is 670. The van der Waals surface area contributed by atoms with Crippen LogP contribution in [0.15, 0.2) is 24.3 Å². The van der Waals surface area contributed by atoms with E-state index in [0.717, 1.165) is 17.7 Å². The summed E-state index contributed by atoms with van der Waals surface area (Å²) in [5.74, 6) is 0.0638. The van der Waals surface area contributed by atoms with E-state index in [-0.39, 0.29) is 17.9 Å². The van der Waals surface area contributed by atoms with Crippen LogP contribution in [0, 0.1) is 0 Å². The molecule has 0 aromatic heterocycles. The van der Waals surface area contributed by atoms with Crippen LogP contribution >= 0.6 is 0 Å². The Morgan fingerprint density at radius 2 is 1.79 bits per heavy atom. The molecule has 1 atom stereocenters. The molecular formula is C22H36N4O3. The van der Waals surface area contributed by atoms with E-state index in [9.17, 15) is 14.7 Å². The van der Waals surface area contributed by atoms with Gasteiger partial charge in [-0.05, 0) is 38.8 Å². The van der Waals surface area contributed by atoms with Crippen molar-refractivity contribution in [3.05, 3.63) is 29.8 Å². The number of para-hydroxylation sites is 1. The summed E-state index contributed by atoms with van der Waals surface area (Å²) in [5.41, 5.74) is 2.00. The lowest BCUT2D eigenvalue weighted by Crippen LogP contribution is -2.53. The van der Waals surface area contributed by atoms with Crippen molar-refractivity contribution >= 4 is 17.5 Å². The zero-order valence-electron chi connectivity index (χ0n) is 18.2. The Kier molecular flexibility index (Phi) is 9.07. The average molecular weight is 405 g/mol. The summed E-state index contributed by atoms with van der Waals surface area (Å²) in [7, 11) is 0. The Morgan fingerprint density at radius 1 is 1.14 bits per heavy atom. The van der Waals surface area contributed by atoms with Crippen molar-refractivity contribution in [2.24, 2.45) is 0 Å². The number of hydrogen-bond donors (Lipinski definition) is 2. The van der Waals surface area contributed by atoms with Gasteiger partial charge in [-0.15, -0.1) is 0 Å². The molecule has 1 aliphatic heterocycles. The number of carbonyl (C=O) groups is 2. The van der Waals surface area contributed by atoms with E-state index in [1.165, 1.54) is 0 Å². The molecule has 1 unspecified atom stereocenters. The predicted molar refractivity (Wildman–Crippen MR) is 116 cm³/mol. The molecule has 7 heteroatoms. The molecule has 1 fully saturated rings. The molecule has 1 aromatic carbocycles. The maximum Gasteiger partial charge on any atom is 0.238 e. The molecule has 29 heavy (non-hydrogen) atoms. The molecule has 0 radical (unpaired) electrons. The zero-order valence-corrected chi connectivity index (χ0v) is 18.2. The molecule has 2 rings (SSSR count). The third-order valence-corrected chi connectivity index (χ3v) is 5.33. The second kappa shape index (κ2) is 11.3. The van der Waals surface area contributed by atoms with Crippen molar-refractivity contribution < 1.29 is 14.7 Å². The minimum absolute atomic E-state index is 0.0198. The average Bonchev–Trinajstić information content (AvgIpc) is 2.67. The lowest BCUT2D eigenvalue weighted by Gasteiger charge is -2.36. The van der Waals surface area contributed by atoms with Crippen molar-refractivity contribution in [2.45, 2.75) is 46.3 Å². The number of amides is 2. The highest BCUT2D eigenvalue weighted by molar-refractivity contribution is 5.93. The van der Waals surface area contributed by atoms with Crippen LogP contribution in [-0.4, -0.2) is 89.6 Å². The lowest BCUT2D eigenvalue weighted by atomic mass is 10.1. The van der Waals surface area contributed by atoms with Crippen LogP contribution in [0.4, 0.5) is 5.69 Å². The van der Waals surface area contributed by atoms with Crippen LogP contribution in [0.25, 0.3) is 0 Å². The van der Waals surface area contributed by atoms with Gasteiger partial charge in [-0.3, -0.25) is 19.4 Å². The van der Waals surface area contributed by atoms with Gasteiger partial charge in [-0.1, -0.05) is 25.1 Å². The van der Waals surface area contributed by atoms with Crippen LogP contribution in [0.1, 0.15) is 33.3 Å². The summed E-state index contributed by atoms with van der Waals surface area (Å²) >= 11 is 0. The largest absolute Gasteiger partial charge is 0.392 e. The highest BCUT2D eigenvalue weighted by Crippen LogP contribution is 2.15. The monoisotopic (exact) mass is 404 g/mol. The molecule has 0 aliphatic carbocycles. The molecule has 1 heterocycles. The predicted octanol–water partition coefficient (Wildman–Crippen LogP) is 1.42. The van der Waals surface area contributed by atoms with E-state index in [1.807, 2.05) is 47.9 Å². The van der Waals surface area contributed by atoms with E-state index in [0.29, 0.717) is 45.8 Å². The fraction of sp³-hybridized carbons (Fsp3) is 0.636. The number of rotatable bonds is 9. The maximum atomic E-state index is 12.6. The summed E-state index contributed by atoms with van der Waals surface area (Å²) in [6.07, 6.45) is 0.415. The summed E-state index contributed by atoms with van der Waals surface area (Å²) in [5, 5.41) is 12.6. The third kappa shape index (κ3) is 7.42. The molecule has 2 N–H and O–H groups in total. The second-order valence-corrected chi connectivity index (χ2v) is 8.09. The molecule has 0 bridgehead atoms. The van der Waals surface area contributed by atoms with E-state index in [1.54, 1.807) is 6.92 Å². The van der Waals surface area contributed by atoms with Crippen molar-refractivity contribution in [1.82, 2.24) is 14.7 Å². The van der Waals surface area contributed by atoms with Gasteiger partial charge in [0, 0.05) is 44.5 Å². The van der Waals surface area contributed by atoms with Gasteiger partial charge in [-0.2, -0.15) is 0 Å². The minimum Gasteiger partial charge on any atom is -0.392 e. The Balaban J connectivity index is 1.79. The molecule has 7 nitrogen and oxygen atoms in total. The first-order valence-corrected chi connectivity index (χ1v) is 10.6. The van der Waals surface area contributed by atoms with Crippen molar-refractivity contribution in [3.63, 3.8) is 0 Å². The van der Waals surface area contributed by atoms with Crippen LogP contribution in [0.3, 0.4) is 0 Å². The number of nitrogens with one attached hydrogen (secondary N) is 1. The fourth-order valence-electron chi connectivity index (χ4n) is 3.57. The molecule has 0 spiro atoms. The van der Waals surface area contributed by atoms with E-state index < -0.39 is 6.10 Å². The highest BCUT2D eigenvalue weighted by atomic mass is 16.3. The summed E-state index contributed by atoms with van der Waals surface area (Å²) in [4.78, 5) is 31.0. The quantitative estimate of drug-likeness (QED) is 0.651. The number of aliphatic hydroxyl groups is 1. The molecule has 1 aliphatic rings. The number of aryl methyl sites for hydroxylation is 1. The van der Waals surface area contributed by atoms with Gasteiger partial charge in [0.1, 0.15) is 0 Å². The van der Waals surface area contributed by atoms with Crippen LogP contribution in [0.2, 0.25) is 0 Å². The van der Waals surface area contributed by atoms with Gasteiger partial charge < -0.3 is 15.3 Å². The second-order valence-electron chi connectivity index (χ2n) is 8.09. The Hall–Kier alpha value is -1.96. The van der Waals surface area contributed by atoms with Crippen molar-refractivity contribution in [3.8, 4) is 0 Å². The number of hydrogen-bond acceptors (Lipinski definition) is 5. The SMILES string of the molecule is CCc1ccccc1NC(=O)CN1CCN(C(=O)CN(CC(C)O)C(C)C)CC1. The Labute approximate surface area is 174 Å². The number of nitrogens with zero attached hydrogens (tertiary/aromatic N) is 3. The van der Waals surface area contributed by atoms with Gasteiger partial charge in [0.05, 0.1) is 19.2 Å². The van der Waals surface area contributed by atoms with E-state index in [4.69, 9.17) is 0 Å². The normalized spacial score (nSPS) is 16.3. The van der Waals surface area contributed by atoms with Gasteiger partial charge in [0.15, 0.2) is 0 Å². The topological polar surface area (TPSA) is 76.1 Å². The van der Waals surface area contributed by atoms with Crippen molar-refractivity contribution in [1.29, 1.82) is 0 Å². The number of aliphatic hydroxyl groups excluding tert-OH is 1. The zero-order chi connectivity index (χ0) is 21.4. The standard InChI is InChI=1S/C22H36N4O3/c1-5-19-8-6-7-9-20(19)23-21(28)15-24-10-12-25(13-11-24)22(29)16-26(17(2)3)14-18(4)27/h6-9,17-18,27H,5,10-16H2,1-4H3,(H,23,28). The molecule has 162 valence electrons. The smallest absolute Gasteiger partial charge is 0.238 e. The van der Waals surface area contributed by atoms with Gasteiger partial charge in [0.2, 0.25) is 11.8 Å². The first kappa shape index (κ1) is 23.3. The summed E-state index contributed by atoms with van der Waals surface area (Å²) in [6.45, 7) is 11.6. The lowest BCUT2D eigenvalue weighted by molar-refractivity contribution is -0.135. The number of piperazine rings is 1. The summed E-state index contributed by atoms with van der Waals surface area (Å²) < 4.78 is 0. The number of benzene rings is 1. The van der Waals surface area contributed by atoms with Crippen LogP contribution < -0.4 is 5.32 Å². The molecular weight excluding hydrogens is 368 g/mol. The van der Waals surface area contributed by atoms with E-state index >= 15 is 0 Å². The molecule has 1 aromatic rings. The fourth-order valence-corrected chi connectivity index (χ4v) is 3.57. The summed E-state index contributed by atoms with van der Waals surface area (Å²) in [6, 6.07) is 8.06. The molecule has 1 saturated heterocycles. The van der Waals surface area contributed by atoms with Crippen molar-refractivity contribution in [2.75, 3.05) is 51.1 Å². The third-order valence-electron chi connectivity index (χ3n) is 5.33. The van der Waals surface area contributed by atoms with E-state index in [2.05, 4.69) is 17.1 Å². The first-order valence-electron chi connectivity index (χ1n) is 10.6.